The molecule has 0 bridgehead atoms. The van der Waals surface area contributed by atoms with Gasteiger partial charge in [-0.1, -0.05) is 6.07 Å². The second-order valence-corrected chi connectivity index (χ2v) is 2.80. The molecule has 0 fully saturated rings. The van der Waals surface area contributed by atoms with Crippen LogP contribution in [0.1, 0.15) is 5.69 Å². The minimum atomic E-state index is 0.215. The molecule has 1 heterocycles. The number of rotatable bonds is 1. The van der Waals surface area contributed by atoms with Crippen molar-refractivity contribution in [3.63, 3.8) is 0 Å². The molecule has 0 aliphatic rings. The molecule has 4 heteroatoms. The average molecular weight is 175 g/mol. The van der Waals surface area contributed by atoms with E-state index in [0.717, 1.165) is 11.4 Å². The molecule has 1 aromatic carbocycles. The van der Waals surface area contributed by atoms with Crippen molar-refractivity contribution in [3.05, 3.63) is 36.2 Å². The second-order valence-electron chi connectivity index (χ2n) is 2.80. The summed E-state index contributed by atoms with van der Waals surface area (Å²) in [5.74, 6) is 0.215. The molecule has 1 N–H and O–H groups in total. The van der Waals surface area contributed by atoms with E-state index in [1.807, 2.05) is 13.0 Å². The number of phenols is 1. The Balaban J connectivity index is 2.46. The van der Waals surface area contributed by atoms with Gasteiger partial charge < -0.3 is 5.11 Å². The van der Waals surface area contributed by atoms with Gasteiger partial charge in [-0.2, -0.15) is 15.0 Å². The van der Waals surface area contributed by atoms with Gasteiger partial charge in [-0.3, -0.25) is 0 Å². The first-order chi connectivity index (χ1) is 6.25. The largest absolute Gasteiger partial charge is 0.508 e. The molecule has 13 heavy (non-hydrogen) atoms. The lowest BCUT2D eigenvalue weighted by molar-refractivity contribution is 0.474. The van der Waals surface area contributed by atoms with Crippen LogP contribution in [0.4, 0.5) is 0 Å². The summed E-state index contributed by atoms with van der Waals surface area (Å²) in [5, 5.41) is 17.4. The molecule has 0 spiro atoms. The smallest absolute Gasteiger partial charge is 0.117 e. The van der Waals surface area contributed by atoms with Crippen molar-refractivity contribution in [2.75, 3.05) is 0 Å². The van der Waals surface area contributed by atoms with Gasteiger partial charge in [0.05, 0.1) is 17.6 Å². The van der Waals surface area contributed by atoms with Crippen LogP contribution < -0.4 is 0 Å². The summed E-state index contributed by atoms with van der Waals surface area (Å²) in [6, 6.07) is 6.81. The van der Waals surface area contributed by atoms with Gasteiger partial charge in [0, 0.05) is 6.07 Å². The molecule has 0 amide bonds. The third-order valence-electron chi connectivity index (χ3n) is 1.67. The van der Waals surface area contributed by atoms with Crippen molar-refractivity contribution >= 4 is 0 Å². The monoisotopic (exact) mass is 175 g/mol. The van der Waals surface area contributed by atoms with Crippen molar-refractivity contribution < 1.29 is 5.11 Å². The third-order valence-corrected chi connectivity index (χ3v) is 1.67. The SMILES string of the molecule is Cc1cnn(-c2cccc(O)c2)n1. The molecule has 0 saturated carbocycles. The van der Waals surface area contributed by atoms with Gasteiger partial charge in [-0.25, -0.2) is 0 Å². The van der Waals surface area contributed by atoms with Crippen LogP contribution in [0.2, 0.25) is 0 Å². The predicted octanol–water partition coefficient (Wildman–Crippen LogP) is 1.28. The van der Waals surface area contributed by atoms with Gasteiger partial charge in [-0.15, -0.1) is 0 Å². The van der Waals surface area contributed by atoms with Crippen LogP contribution in [0, 0.1) is 6.92 Å². The standard InChI is InChI=1S/C9H9N3O/c1-7-6-10-12(11-7)8-3-2-4-9(13)5-8/h2-6,13H,1H3. The summed E-state index contributed by atoms with van der Waals surface area (Å²) < 4.78 is 0. The first-order valence-electron chi connectivity index (χ1n) is 3.94. The minimum absolute atomic E-state index is 0.215. The first-order valence-corrected chi connectivity index (χ1v) is 3.94. The fourth-order valence-electron chi connectivity index (χ4n) is 1.08. The van der Waals surface area contributed by atoms with E-state index in [-0.39, 0.29) is 5.75 Å². The number of aromatic hydroxyl groups is 1. The molecular formula is C9H9N3O. The molecule has 0 saturated heterocycles. The number of phenolic OH excluding ortho intramolecular Hbond substituents is 1. The van der Waals surface area contributed by atoms with Crippen LogP contribution in [0.15, 0.2) is 30.5 Å². The van der Waals surface area contributed by atoms with Gasteiger partial charge in [-0.05, 0) is 19.1 Å². The number of nitrogens with zero attached hydrogens (tertiary/aromatic N) is 3. The Labute approximate surface area is 75.4 Å². The van der Waals surface area contributed by atoms with E-state index >= 15 is 0 Å². The van der Waals surface area contributed by atoms with Crippen LogP contribution in [0.5, 0.6) is 5.75 Å². The summed E-state index contributed by atoms with van der Waals surface area (Å²) in [7, 11) is 0. The molecule has 0 unspecified atom stereocenters. The Morgan fingerprint density at radius 2 is 2.23 bits per heavy atom. The summed E-state index contributed by atoms with van der Waals surface area (Å²) in [4.78, 5) is 1.48. The van der Waals surface area contributed by atoms with Gasteiger partial charge in [0.25, 0.3) is 0 Å². The molecule has 0 atom stereocenters. The molecule has 1 aromatic heterocycles. The fraction of sp³-hybridized carbons (Fsp3) is 0.111. The molecule has 4 nitrogen and oxygen atoms in total. The summed E-state index contributed by atoms with van der Waals surface area (Å²) in [5.41, 5.74) is 1.61. The zero-order valence-corrected chi connectivity index (χ0v) is 7.18. The van der Waals surface area contributed by atoms with Crippen LogP contribution in [-0.4, -0.2) is 20.1 Å². The second kappa shape index (κ2) is 2.90. The van der Waals surface area contributed by atoms with Crippen molar-refractivity contribution in [2.24, 2.45) is 0 Å². The molecule has 2 aromatic rings. The zero-order chi connectivity index (χ0) is 9.26. The predicted molar refractivity (Wildman–Crippen MR) is 47.8 cm³/mol. The zero-order valence-electron chi connectivity index (χ0n) is 7.18. The van der Waals surface area contributed by atoms with Crippen molar-refractivity contribution in [2.45, 2.75) is 6.92 Å². The Bertz CT molecular complexity index is 422. The van der Waals surface area contributed by atoms with Crippen molar-refractivity contribution in [1.29, 1.82) is 0 Å². The Morgan fingerprint density at radius 1 is 1.38 bits per heavy atom. The minimum Gasteiger partial charge on any atom is -0.508 e. The number of benzene rings is 1. The highest BCUT2D eigenvalue weighted by molar-refractivity contribution is 5.36. The van der Waals surface area contributed by atoms with Gasteiger partial charge in [0.15, 0.2) is 0 Å². The van der Waals surface area contributed by atoms with Gasteiger partial charge in [0.2, 0.25) is 0 Å². The molecule has 2 rings (SSSR count). The maximum absolute atomic E-state index is 9.21. The van der Waals surface area contributed by atoms with E-state index in [9.17, 15) is 5.11 Å². The molecule has 66 valence electrons. The number of hydrogen-bond acceptors (Lipinski definition) is 3. The number of aryl methyl sites for hydroxylation is 1. The lowest BCUT2D eigenvalue weighted by Crippen LogP contribution is -1.97. The van der Waals surface area contributed by atoms with E-state index < -0.39 is 0 Å². The van der Waals surface area contributed by atoms with E-state index in [0.29, 0.717) is 0 Å². The normalized spacial score (nSPS) is 10.2. The van der Waals surface area contributed by atoms with E-state index in [1.54, 1.807) is 24.4 Å². The number of aromatic nitrogens is 3. The fourth-order valence-corrected chi connectivity index (χ4v) is 1.08. The third kappa shape index (κ3) is 1.51. The van der Waals surface area contributed by atoms with Gasteiger partial charge in [0.1, 0.15) is 5.75 Å². The average Bonchev–Trinajstić information content (AvgIpc) is 2.52. The summed E-state index contributed by atoms with van der Waals surface area (Å²) in [6.45, 7) is 1.87. The lowest BCUT2D eigenvalue weighted by Gasteiger charge is -1.98. The van der Waals surface area contributed by atoms with Crippen molar-refractivity contribution in [3.8, 4) is 11.4 Å². The topological polar surface area (TPSA) is 50.9 Å². The van der Waals surface area contributed by atoms with Crippen molar-refractivity contribution in [1.82, 2.24) is 15.0 Å². The molecule has 0 aliphatic heterocycles. The highest BCUT2D eigenvalue weighted by atomic mass is 16.3. The Kier molecular flexibility index (Phi) is 1.73. The number of hydrogen-bond donors (Lipinski definition) is 1. The van der Waals surface area contributed by atoms with Crippen LogP contribution in [0.25, 0.3) is 5.69 Å². The summed E-state index contributed by atoms with van der Waals surface area (Å²) in [6.07, 6.45) is 1.67. The highest BCUT2D eigenvalue weighted by Gasteiger charge is 1.99. The van der Waals surface area contributed by atoms with Crippen LogP contribution in [0.3, 0.4) is 0 Å². The molecule has 0 radical (unpaired) electrons. The maximum atomic E-state index is 9.21. The summed E-state index contributed by atoms with van der Waals surface area (Å²) >= 11 is 0. The first kappa shape index (κ1) is 7.79. The van der Waals surface area contributed by atoms with E-state index in [2.05, 4.69) is 10.2 Å². The van der Waals surface area contributed by atoms with Crippen LogP contribution >= 0.6 is 0 Å². The quantitative estimate of drug-likeness (QED) is 0.710. The Hall–Kier alpha value is -1.84. The van der Waals surface area contributed by atoms with E-state index in [4.69, 9.17) is 0 Å². The molecular weight excluding hydrogens is 166 g/mol. The van der Waals surface area contributed by atoms with E-state index in [1.165, 1.54) is 4.80 Å². The maximum Gasteiger partial charge on any atom is 0.117 e. The lowest BCUT2D eigenvalue weighted by atomic mass is 10.3. The van der Waals surface area contributed by atoms with Crippen LogP contribution in [-0.2, 0) is 0 Å². The Morgan fingerprint density at radius 3 is 2.85 bits per heavy atom. The van der Waals surface area contributed by atoms with Gasteiger partial charge >= 0.3 is 0 Å². The molecule has 0 aliphatic carbocycles. The highest BCUT2D eigenvalue weighted by Crippen LogP contribution is 2.13.